The van der Waals surface area contributed by atoms with Crippen molar-refractivity contribution in [3.05, 3.63) is 17.5 Å². The Bertz CT molecular complexity index is 713. The Morgan fingerprint density at radius 2 is 2.07 bits per heavy atom. The number of amides is 2. The van der Waals surface area contributed by atoms with Crippen molar-refractivity contribution in [1.29, 1.82) is 0 Å². The fraction of sp³-hybridized carbons (Fsp3) is 0.722. The average molecular weight is 384 g/mol. The van der Waals surface area contributed by atoms with Gasteiger partial charge >= 0.3 is 0 Å². The Morgan fingerprint density at radius 3 is 2.63 bits per heavy atom. The number of aryl methyl sites for hydroxylation is 1. The number of hydrogen-bond acceptors (Lipinski definition) is 4. The maximum atomic E-state index is 12.8. The first-order valence-electron chi connectivity index (χ1n) is 9.14. The average Bonchev–Trinajstić information content (AvgIpc) is 3.01. The molecule has 1 atom stereocenters. The van der Waals surface area contributed by atoms with Crippen molar-refractivity contribution in [2.75, 3.05) is 33.8 Å². The van der Waals surface area contributed by atoms with Crippen LogP contribution in [0.2, 0.25) is 0 Å². The van der Waals surface area contributed by atoms with E-state index >= 15 is 0 Å². The zero-order valence-electron chi connectivity index (χ0n) is 16.0. The number of likely N-dealkylation sites (N-methyl/N-ethyl adjacent to an activating group) is 1. The summed E-state index contributed by atoms with van der Waals surface area (Å²) in [5.41, 5.74) is -0.270. The third-order valence-electron chi connectivity index (χ3n) is 5.81. The largest absolute Gasteiger partial charge is 0.380 e. The van der Waals surface area contributed by atoms with Crippen LogP contribution in [0.25, 0.3) is 0 Å². The summed E-state index contributed by atoms with van der Waals surface area (Å²) in [4.78, 5) is 28.7. The van der Waals surface area contributed by atoms with Crippen LogP contribution in [0.15, 0.2) is 6.07 Å². The molecule has 2 fully saturated rings. The molecule has 0 radical (unpaired) electrons. The molecule has 2 amide bonds. The molecule has 27 heavy (non-hydrogen) atoms. The third kappa shape index (κ3) is 3.83. The van der Waals surface area contributed by atoms with Gasteiger partial charge in [-0.3, -0.25) is 14.3 Å². The molecule has 2 aliphatic rings. The summed E-state index contributed by atoms with van der Waals surface area (Å²) in [5, 5.41) is 3.81. The summed E-state index contributed by atoms with van der Waals surface area (Å²) < 4.78 is 32.3. The lowest BCUT2D eigenvalue weighted by molar-refractivity contribution is -0.158. The number of nitrogens with zero attached hydrogens (tertiary/aromatic N) is 4. The molecule has 0 bridgehead atoms. The highest BCUT2D eigenvalue weighted by Crippen LogP contribution is 2.41. The first kappa shape index (κ1) is 19.7. The third-order valence-corrected chi connectivity index (χ3v) is 5.81. The summed E-state index contributed by atoms with van der Waals surface area (Å²) in [6.45, 7) is 3.11. The first-order chi connectivity index (χ1) is 12.8. The topological polar surface area (TPSA) is 67.7 Å². The highest BCUT2D eigenvalue weighted by molar-refractivity contribution is 5.84. The Labute approximate surface area is 157 Å². The number of likely N-dealkylation sites (tertiary alicyclic amines) is 2. The van der Waals surface area contributed by atoms with Crippen LogP contribution in [-0.2, 0) is 20.9 Å². The second-order valence-corrected chi connectivity index (χ2v) is 7.58. The van der Waals surface area contributed by atoms with Crippen LogP contribution < -0.4 is 0 Å². The zero-order chi connectivity index (χ0) is 19.8. The summed E-state index contributed by atoms with van der Waals surface area (Å²) in [6.07, 6.45) is -0.804. The van der Waals surface area contributed by atoms with Crippen LogP contribution in [0.3, 0.4) is 0 Å². The van der Waals surface area contributed by atoms with Gasteiger partial charge < -0.3 is 14.5 Å². The maximum Gasteiger partial charge on any atom is 0.282 e. The zero-order valence-corrected chi connectivity index (χ0v) is 16.0. The number of halogens is 2. The predicted octanol–water partition coefficient (Wildman–Crippen LogP) is 1.62. The number of hydrogen-bond donors (Lipinski definition) is 0. The van der Waals surface area contributed by atoms with Gasteiger partial charge in [-0.15, -0.1) is 0 Å². The molecule has 150 valence electrons. The Balaban J connectivity index is 1.63. The van der Waals surface area contributed by atoms with Crippen LogP contribution >= 0.6 is 0 Å². The van der Waals surface area contributed by atoms with E-state index < -0.39 is 11.8 Å². The normalized spacial score (nSPS) is 22.7. The van der Waals surface area contributed by atoms with Crippen molar-refractivity contribution in [3.63, 3.8) is 0 Å². The van der Waals surface area contributed by atoms with E-state index in [1.54, 1.807) is 30.9 Å². The molecule has 3 rings (SSSR count). The molecule has 3 heterocycles. The standard InChI is InChI=1S/C18H26F2N4O3/c1-12-8-14(16(19)20)21-24(12)11-15(25)23-6-4-18(5-7-23)9-13(27-3)10-22(2)17(18)26/h8,13,16H,4-7,9-11H2,1-3H3. The number of ether oxygens (including phenoxy) is 1. The molecule has 1 aromatic heterocycles. The van der Waals surface area contributed by atoms with Gasteiger partial charge in [-0.05, 0) is 32.3 Å². The van der Waals surface area contributed by atoms with Gasteiger partial charge in [0, 0.05) is 39.5 Å². The Morgan fingerprint density at radius 1 is 1.41 bits per heavy atom. The van der Waals surface area contributed by atoms with Gasteiger partial charge in [-0.1, -0.05) is 0 Å². The van der Waals surface area contributed by atoms with Gasteiger partial charge in [0.05, 0.1) is 11.5 Å². The van der Waals surface area contributed by atoms with E-state index in [1.807, 2.05) is 0 Å². The highest BCUT2D eigenvalue weighted by Gasteiger charge is 2.48. The van der Waals surface area contributed by atoms with E-state index in [0.29, 0.717) is 44.6 Å². The Kier molecular flexibility index (Phi) is 5.50. The molecular weight excluding hydrogens is 358 g/mol. The van der Waals surface area contributed by atoms with E-state index in [9.17, 15) is 18.4 Å². The van der Waals surface area contributed by atoms with Gasteiger partial charge in [0.2, 0.25) is 11.8 Å². The lowest BCUT2D eigenvalue weighted by atomic mass is 9.71. The summed E-state index contributed by atoms with van der Waals surface area (Å²) in [6, 6.07) is 1.30. The quantitative estimate of drug-likeness (QED) is 0.791. The van der Waals surface area contributed by atoms with Gasteiger partial charge in [0.25, 0.3) is 6.43 Å². The molecular formula is C18H26F2N4O3. The number of carbonyl (C=O) groups is 2. The lowest BCUT2D eigenvalue weighted by Crippen LogP contribution is -2.57. The van der Waals surface area contributed by atoms with E-state index in [4.69, 9.17) is 4.74 Å². The van der Waals surface area contributed by atoms with Crippen molar-refractivity contribution in [1.82, 2.24) is 19.6 Å². The van der Waals surface area contributed by atoms with Gasteiger partial charge in [0.15, 0.2) is 0 Å². The smallest absolute Gasteiger partial charge is 0.282 e. The molecule has 7 nitrogen and oxygen atoms in total. The molecule has 1 aromatic rings. The summed E-state index contributed by atoms with van der Waals surface area (Å²) >= 11 is 0. The van der Waals surface area contributed by atoms with Crippen LogP contribution in [0.1, 0.15) is 37.1 Å². The number of aromatic nitrogens is 2. The molecule has 0 N–H and O–H groups in total. The van der Waals surface area contributed by atoms with Crippen molar-refractivity contribution in [3.8, 4) is 0 Å². The van der Waals surface area contributed by atoms with E-state index in [-0.39, 0.29) is 30.2 Å². The van der Waals surface area contributed by atoms with Crippen LogP contribution in [0.4, 0.5) is 8.78 Å². The molecule has 1 spiro atoms. The summed E-state index contributed by atoms with van der Waals surface area (Å²) in [7, 11) is 3.44. The molecule has 0 aliphatic carbocycles. The van der Waals surface area contributed by atoms with E-state index in [1.165, 1.54) is 10.7 Å². The molecule has 1 unspecified atom stereocenters. The van der Waals surface area contributed by atoms with Crippen LogP contribution in [0, 0.1) is 12.3 Å². The van der Waals surface area contributed by atoms with Crippen molar-refractivity contribution in [2.24, 2.45) is 5.41 Å². The minimum absolute atomic E-state index is 0.00874. The molecule has 2 aliphatic heterocycles. The molecule has 0 aromatic carbocycles. The van der Waals surface area contributed by atoms with Crippen molar-refractivity contribution >= 4 is 11.8 Å². The van der Waals surface area contributed by atoms with Gasteiger partial charge in [-0.25, -0.2) is 8.78 Å². The molecule has 9 heteroatoms. The minimum atomic E-state index is -2.65. The number of carbonyl (C=O) groups excluding carboxylic acids is 2. The van der Waals surface area contributed by atoms with Gasteiger partial charge in [-0.2, -0.15) is 5.10 Å². The van der Waals surface area contributed by atoms with Crippen molar-refractivity contribution < 1.29 is 23.1 Å². The second-order valence-electron chi connectivity index (χ2n) is 7.58. The van der Waals surface area contributed by atoms with E-state index in [2.05, 4.69) is 5.10 Å². The lowest BCUT2D eigenvalue weighted by Gasteiger charge is -2.47. The summed E-state index contributed by atoms with van der Waals surface area (Å²) in [5.74, 6) is -0.0517. The van der Waals surface area contributed by atoms with Crippen molar-refractivity contribution in [2.45, 2.75) is 45.3 Å². The number of rotatable bonds is 4. The first-order valence-corrected chi connectivity index (χ1v) is 9.14. The van der Waals surface area contributed by atoms with Crippen LogP contribution in [0.5, 0.6) is 0 Å². The number of piperidine rings is 2. The van der Waals surface area contributed by atoms with Crippen LogP contribution in [-0.4, -0.2) is 71.3 Å². The molecule has 2 saturated heterocycles. The monoisotopic (exact) mass is 384 g/mol. The Hall–Kier alpha value is -2.03. The van der Waals surface area contributed by atoms with Gasteiger partial charge in [0.1, 0.15) is 12.2 Å². The second kappa shape index (κ2) is 7.53. The SMILES string of the molecule is COC1CN(C)C(=O)C2(CCN(C(=O)Cn3nc(C(F)F)cc3C)CC2)C1. The fourth-order valence-corrected chi connectivity index (χ4v) is 4.17. The number of methoxy groups -OCH3 is 1. The minimum Gasteiger partial charge on any atom is -0.380 e. The predicted molar refractivity (Wildman–Crippen MR) is 93.2 cm³/mol. The molecule has 0 saturated carbocycles. The fourth-order valence-electron chi connectivity index (χ4n) is 4.17. The maximum absolute atomic E-state index is 12.8. The number of alkyl halides is 2. The van der Waals surface area contributed by atoms with E-state index in [0.717, 1.165) is 0 Å². The highest BCUT2D eigenvalue weighted by atomic mass is 19.3.